The molecule has 0 amide bonds. The van der Waals surface area contributed by atoms with Crippen LogP contribution in [0.5, 0.6) is 0 Å². The van der Waals surface area contributed by atoms with E-state index >= 15 is 0 Å². The maximum Gasteiger partial charge on any atom is 0.472 e. The number of aliphatic hydroxyl groups excluding tert-OH is 2. The van der Waals surface area contributed by atoms with Crippen molar-refractivity contribution in [2.75, 3.05) is 33.0 Å². The van der Waals surface area contributed by atoms with Crippen molar-refractivity contribution in [3.05, 3.63) is 36.5 Å². The quantitative estimate of drug-likeness (QED) is 0.0237. The average molecular weight is 857 g/mol. The van der Waals surface area contributed by atoms with E-state index in [-0.39, 0.29) is 19.6 Å². The molecule has 0 rings (SSSR count). The minimum absolute atomic E-state index is 0.0440. The van der Waals surface area contributed by atoms with E-state index in [1.165, 1.54) is 141 Å². The number of rotatable bonds is 47. The Balaban J connectivity index is 4.09. The Bertz CT molecular complexity index is 1020. The minimum Gasteiger partial charge on any atom is -0.457 e. The molecule has 0 radical (unpaired) electrons. The van der Waals surface area contributed by atoms with Gasteiger partial charge >= 0.3 is 13.8 Å². The maximum absolute atomic E-state index is 12.6. The first-order valence-electron chi connectivity index (χ1n) is 24.5. The van der Waals surface area contributed by atoms with Crippen LogP contribution in [0.3, 0.4) is 0 Å². The lowest BCUT2D eigenvalue weighted by molar-refractivity contribution is -0.154. The van der Waals surface area contributed by atoms with E-state index in [0.29, 0.717) is 13.0 Å². The van der Waals surface area contributed by atoms with Crippen molar-refractivity contribution in [1.29, 1.82) is 0 Å². The third kappa shape index (κ3) is 46.0. The van der Waals surface area contributed by atoms with Gasteiger partial charge in [-0.15, -0.1) is 0 Å². The molecule has 348 valence electrons. The second kappa shape index (κ2) is 46.2. The molecule has 9 nitrogen and oxygen atoms in total. The number of esters is 1. The van der Waals surface area contributed by atoms with E-state index in [1.54, 1.807) is 0 Å². The molecule has 0 spiro atoms. The summed E-state index contributed by atoms with van der Waals surface area (Å²) in [7, 11) is -4.52. The predicted molar refractivity (Wildman–Crippen MR) is 247 cm³/mol. The maximum atomic E-state index is 12.6. The minimum atomic E-state index is -4.52. The van der Waals surface area contributed by atoms with Gasteiger partial charge in [0, 0.05) is 13.0 Å². The zero-order chi connectivity index (χ0) is 43.2. The van der Waals surface area contributed by atoms with Crippen LogP contribution < -0.4 is 0 Å². The highest BCUT2D eigenvalue weighted by molar-refractivity contribution is 7.47. The van der Waals surface area contributed by atoms with Crippen LogP contribution in [0.1, 0.15) is 226 Å². The molecule has 0 fully saturated rings. The van der Waals surface area contributed by atoms with Gasteiger partial charge in [-0.05, 0) is 70.6 Å². The van der Waals surface area contributed by atoms with Gasteiger partial charge in [-0.3, -0.25) is 13.8 Å². The molecular formula is C49H93O9P. The van der Waals surface area contributed by atoms with E-state index in [9.17, 15) is 19.4 Å². The fourth-order valence-corrected chi connectivity index (χ4v) is 7.58. The van der Waals surface area contributed by atoms with Crippen LogP contribution in [0.15, 0.2) is 36.5 Å². The fraction of sp³-hybridized carbons (Fsp3) is 0.857. The number of carbonyl (C=O) groups excluding carboxylic acids is 1. The third-order valence-corrected chi connectivity index (χ3v) is 11.5. The lowest BCUT2D eigenvalue weighted by Crippen LogP contribution is -2.29. The van der Waals surface area contributed by atoms with E-state index < -0.39 is 39.2 Å². The summed E-state index contributed by atoms with van der Waals surface area (Å²) in [4.78, 5) is 22.6. The number of unbranched alkanes of at least 4 members (excludes halogenated alkanes) is 27. The summed E-state index contributed by atoms with van der Waals surface area (Å²) in [6.45, 7) is 3.51. The molecule has 3 N–H and O–H groups in total. The Labute approximate surface area is 363 Å². The summed E-state index contributed by atoms with van der Waals surface area (Å²) in [6, 6.07) is 0. The van der Waals surface area contributed by atoms with Gasteiger partial charge in [0.05, 0.1) is 26.4 Å². The smallest absolute Gasteiger partial charge is 0.457 e. The normalized spacial score (nSPS) is 14.2. The molecule has 0 saturated carbocycles. The molecular weight excluding hydrogens is 764 g/mol. The number of phosphoric ester groups is 1. The molecule has 0 aliphatic carbocycles. The summed E-state index contributed by atoms with van der Waals surface area (Å²) in [6.07, 6.45) is 51.1. The molecule has 0 heterocycles. The van der Waals surface area contributed by atoms with Crippen molar-refractivity contribution in [2.45, 2.75) is 238 Å². The Morgan fingerprint density at radius 2 is 0.915 bits per heavy atom. The largest absolute Gasteiger partial charge is 0.472 e. The highest BCUT2D eigenvalue weighted by Crippen LogP contribution is 2.43. The monoisotopic (exact) mass is 857 g/mol. The van der Waals surface area contributed by atoms with Crippen molar-refractivity contribution in [3.8, 4) is 0 Å². The molecule has 3 atom stereocenters. The number of ether oxygens (including phenoxy) is 2. The van der Waals surface area contributed by atoms with Gasteiger partial charge < -0.3 is 24.6 Å². The van der Waals surface area contributed by atoms with Crippen LogP contribution in [-0.4, -0.2) is 66.3 Å². The highest BCUT2D eigenvalue weighted by Gasteiger charge is 2.26. The van der Waals surface area contributed by atoms with Gasteiger partial charge in [0.15, 0.2) is 0 Å². The molecule has 3 unspecified atom stereocenters. The van der Waals surface area contributed by atoms with Gasteiger partial charge in [-0.2, -0.15) is 0 Å². The topological polar surface area (TPSA) is 132 Å². The van der Waals surface area contributed by atoms with Gasteiger partial charge in [0.2, 0.25) is 0 Å². The summed E-state index contributed by atoms with van der Waals surface area (Å²) in [5, 5.41) is 18.4. The number of allylic oxidation sites excluding steroid dienone is 6. The lowest BCUT2D eigenvalue weighted by Gasteiger charge is -2.20. The first kappa shape index (κ1) is 57.7. The molecule has 0 aromatic heterocycles. The molecule has 10 heteroatoms. The van der Waals surface area contributed by atoms with Crippen molar-refractivity contribution >= 4 is 13.8 Å². The van der Waals surface area contributed by atoms with Crippen molar-refractivity contribution in [2.24, 2.45) is 0 Å². The van der Waals surface area contributed by atoms with Gasteiger partial charge in [0.1, 0.15) is 12.2 Å². The third-order valence-electron chi connectivity index (χ3n) is 10.5. The molecule has 0 saturated heterocycles. The van der Waals surface area contributed by atoms with Crippen LogP contribution in [0.25, 0.3) is 0 Å². The van der Waals surface area contributed by atoms with Gasteiger partial charge in [-0.25, -0.2) is 4.57 Å². The summed E-state index contributed by atoms with van der Waals surface area (Å²) in [5.74, 6) is -0.394. The fourth-order valence-electron chi connectivity index (χ4n) is 6.79. The second-order valence-electron chi connectivity index (χ2n) is 16.5. The first-order valence-corrected chi connectivity index (χ1v) is 26.0. The summed E-state index contributed by atoms with van der Waals surface area (Å²) in [5.41, 5.74) is 0. The lowest BCUT2D eigenvalue weighted by atomic mass is 10.1. The molecule has 0 bridgehead atoms. The SMILES string of the molecule is CCCCCC/C=C\C/C=C\CCCCCCCC(=O)OC(COCCCCCCCCCCCC/C=C\CCCCCCCCCC)COP(=O)(O)OCC(O)CO. The number of hydrogen-bond acceptors (Lipinski definition) is 8. The van der Waals surface area contributed by atoms with Crippen molar-refractivity contribution in [3.63, 3.8) is 0 Å². The van der Waals surface area contributed by atoms with Crippen LogP contribution in [0.2, 0.25) is 0 Å². The Morgan fingerprint density at radius 3 is 1.39 bits per heavy atom. The van der Waals surface area contributed by atoms with E-state index in [0.717, 1.165) is 57.8 Å². The van der Waals surface area contributed by atoms with E-state index in [4.69, 9.17) is 23.6 Å². The molecule has 0 aliphatic rings. The molecule has 0 aromatic rings. The molecule has 0 aliphatic heterocycles. The molecule has 59 heavy (non-hydrogen) atoms. The predicted octanol–water partition coefficient (Wildman–Crippen LogP) is 14.0. The zero-order valence-corrected chi connectivity index (χ0v) is 39.1. The van der Waals surface area contributed by atoms with Crippen LogP contribution >= 0.6 is 7.82 Å². The highest BCUT2D eigenvalue weighted by atomic mass is 31.2. The summed E-state index contributed by atoms with van der Waals surface area (Å²) >= 11 is 0. The van der Waals surface area contributed by atoms with Crippen LogP contribution in [-0.2, 0) is 27.9 Å². The Hall–Kier alpha value is -1.32. The van der Waals surface area contributed by atoms with E-state index in [1.807, 2.05) is 0 Å². The molecule has 0 aromatic carbocycles. The number of aliphatic hydroxyl groups is 2. The zero-order valence-electron chi connectivity index (χ0n) is 38.2. The Kier molecular flexibility index (Phi) is 45.2. The van der Waals surface area contributed by atoms with Gasteiger partial charge in [-0.1, -0.05) is 185 Å². The number of phosphoric acid groups is 1. The number of hydrogen-bond donors (Lipinski definition) is 3. The summed E-state index contributed by atoms with van der Waals surface area (Å²) < 4.78 is 33.5. The Morgan fingerprint density at radius 1 is 0.525 bits per heavy atom. The second-order valence-corrected chi connectivity index (χ2v) is 17.9. The van der Waals surface area contributed by atoms with E-state index in [2.05, 4.69) is 50.3 Å². The van der Waals surface area contributed by atoms with Gasteiger partial charge in [0.25, 0.3) is 0 Å². The number of carbonyl (C=O) groups is 1. The standard InChI is InChI=1S/C49H93O9P/c1-3-5-7-9-11-13-15-17-19-21-22-23-24-25-26-28-30-32-34-36-38-40-42-55-45-48(46-57-59(53,54)56-44-47(51)43-50)58-49(52)41-39-37-35-33-31-29-27-20-18-16-14-12-10-8-6-4-2/h14,16,20-22,27,47-48,50-51H,3-13,15,17-19,23-26,28-46H2,1-2H3,(H,53,54)/b16-14-,22-21-,27-20-. The van der Waals surface area contributed by atoms with Crippen molar-refractivity contribution in [1.82, 2.24) is 0 Å². The average Bonchev–Trinajstić information content (AvgIpc) is 3.23. The van der Waals surface area contributed by atoms with Crippen molar-refractivity contribution < 1.29 is 43.0 Å². The van der Waals surface area contributed by atoms with Crippen LogP contribution in [0, 0.1) is 0 Å². The van der Waals surface area contributed by atoms with Crippen LogP contribution in [0.4, 0.5) is 0 Å². The first-order chi connectivity index (χ1) is 28.8.